The van der Waals surface area contributed by atoms with Crippen LogP contribution in [0.2, 0.25) is 0 Å². The molecule has 100 heavy (non-hydrogen) atoms. The van der Waals surface area contributed by atoms with Gasteiger partial charge in [0.05, 0.1) is 26.4 Å². The molecule has 0 saturated heterocycles. The Morgan fingerprint density at radius 1 is 0.270 bits per heavy atom. The number of rotatable bonds is 80. The number of phosphoric acid groups is 2. The Hall–Kier alpha value is -1.94. The summed E-state index contributed by atoms with van der Waals surface area (Å²) in [5.74, 6) is -0.607. The van der Waals surface area contributed by atoms with Crippen LogP contribution in [0, 0.1) is 11.8 Å². The van der Waals surface area contributed by atoms with E-state index < -0.39 is 97.5 Å². The maximum Gasteiger partial charge on any atom is 0.472 e. The Morgan fingerprint density at radius 3 is 0.680 bits per heavy atom. The molecule has 0 aromatic heterocycles. The van der Waals surface area contributed by atoms with Crippen LogP contribution in [0.1, 0.15) is 427 Å². The summed E-state index contributed by atoms with van der Waals surface area (Å²) < 4.78 is 68.6. The molecule has 0 spiro atoms. The third-order valence-corrected chi connectivity index (χ3v) is 20.9. The largest absolute Gasteiger partial charge is 0.472 e. The van der Waals surface area contributed by atoms with Gasteiger partial charge in [0.1, 0.15) is 19.3 Å². The SMILES string of the molecule is CCCCCCCCCCCCCCCCCCCCCCCCC(=O)O[C@H](COC(=O)CCCCCCCCCCCCCCCCC(C)C)COP(=O)(O)OC[C@@H](O)COP(=O)(O)OC[C@@H](COC(=O)CCCCCCCCCC(C)C)OC(=O)CCCCCCCCCCCCC. The molecule has 0 aromatic rings. The van der Waals surface area contributed by atoms with Crippen molar-refractivity contribution in [3.8, 4) is 0 Å². The first-order valence-electron chi connectivity index (χ1n) is 42.0. The van der Waals surface area contributed by atoms with Gasteiger partial charge >= 0.3 is 39.5 Å². The molecule has 0 fully saturated rings. The van der Waals surface area contributed by atoms with Crippen molar-refractivity contribution in [2.75, 3.05) is 39.6 Å². The van der Waals surface area contributed by atoms with Crippen LogP contribution in [0.25, 0.3) is 0 Å². The fourth-order valence-electron chi connectivity index (χ4n) is 12.5. The molecule has 17 nitrogen and oxygen atoms in total. The summed E-state index contributed by atoms with van der Waals surface area (Å²) in [4.78, 5) is 72.9. The van der Waals surface area contributed by atoms with Crippen molar-refractivity contribution < 1.29 is 80.2 Å². The van der Waals surface area contributed by atoms with Crippen LogP contribution in [0.4, 0.5) is 0 Å². The number of aliphatic hydroxyl groups excluding tert-OH is 1. The van der Waals surface area contributed by atoms with E-state index in [1.165, 1.54) is 238 Å². The van der Waals surface area contributed by atoms with Gasteiger partial charge in [-0.1, -0.05) is 375 Å². The molecular formula is C81H158O17P2. The summed E-state index contributed by atoms with van der Waals surface area (Å²) in [6.07, 6.45) is 62.7. The number of hydrogen-bond acceptors (Lipinski definition) is 15. The lowest BCUT2D eigenvalue weighted by atomic mass is 10.0. The molecule has 0 rings (SSSR count). The van der Waals surface area contributed by atoms with E-state index in [4.69, 9.17) is 37.0 Å². The number of unbranched alkanes of at least 4 members (excludes halogenated alkanes) is 50. The van der Waals surface area contributed by atoms with Crippen LogP contribution < -0.4 is 0 Å². The number of carbonyl (C=O) groups excluding carboxylic acids is 4. The molecule has 5 atom stereocenters. The second-order valence-corrected chi connectivity index (χ2v) is 33.0. The van der Waals surface area contributed by atoms with Crippen molar-refractivity contribution in [3.05, 3.63) is 0 Å². The number of carbonyl (C=O) groups is 4. The number of ether oxygens (including phenoxy) is 4. The van der Waals surface area contributed by atoms with E-state index in [0.29, 0.717) is 31.6 Å². The summed E-state index contributed by atoms with van der Waals surface area (Å²) in [5.41, 5.74) is 0. The molecule has 0 saturated carbocycles. The Bertz CT molecular complexity index is 1920. The fraction of sp³-hybridized carbons (Fsp3) is 0.951. The van der Waals surface area contributed by atoms with E-state index in [1.54, 1.807) is 0 Å². The Kier molecular flexibility index (Phi) is 71.2. The zero-order valence-corrected chi connectivity index (χ0v) is 67.3. The molecule has 3 N–H and O–H groups in total. The monoisotopic (exact) mass is 1470 g/mol. The smallest absolute Gasteiger partial charge is 0.462 e. The Morgan fingerprint density at radius 2 is 0.460 bits per heavy atom. The highest BCUT2D eigenvalue weighted by Gasteiger charge is 2.30. The highest BCUT2D eigenvalue weighted by atomic mass is 31.2. The van der Waals surface area contributed by atoms with Gasteiger partial charge < -0.3 is 33.8 Å². The van der Waals surface area contributed by atoms with Crippen LogP contribution in [0.3, 0.4) is 0 Å². The standard InChI is InChI=1S/C81H158O17P2/c1-7-9-11-13-15-17-19-20-21-22-23-24-25-26-27-28-33-37-41-47-54-60-66-81(86)97-76(69-91-78(83)63-57-51-45-39-36-32-30-29-31-35-38-43-49-55-61-73(3)4)71-95-99(87,88)93-67-75(82)68-94-100(89,90)96-72-77(70-92-79(84)64-58-52-48-42-44-50-56-62-74(5)6)98-80(85)65-59-53-46-40-34-18-16-14-12-10-8-2/h73-77,82H,7-72H2,1-6H3,(H,87,88)(H,89,90)/t75-,76-,77-/m1/s1. The molecule has 0 aliphatic rings. The lowest BCUT2D eigenvalue weighted by molar-refractivity contribution is -0.161. The van der Waals surface area contributed by atoms with Crippen LogP contribution in [-0.2, 0) is 65.4 Å². The Labute approximate surface area is 613 Å². The third-order valence-electron chi connectivity index (χ3n) is 19.0. The van der Waals surface area contributed by atoms with Crippen molar-refractivity contribution in [2.45, 2.75) is 445 Å². The maximum atomic E-state index is 13.1. The lowest BCUT2D eigenvalue weighted by Crippen LogP contribution is -2.30. The number of aliphatic hydroxyl groups is 1. The third kappa shape index (κ3) is 74.3. The molecule has 0 heterocycles. The minimum Gasteiger partial charge on any atom is -0.462 e. The minimum atomic E-state index is -4.96. The number of esters is 4. The number of hydrogen-bond donors (Lipinski definition) is 3. The van der Waals surface area contributed by atoms with Crippen LogP contribution >= 0.6 is 15.6 Å². The van der Waals surface area contributed by atoms with E-state index in [-0.39, 0.29) is 25.7 Å². The average Bonchev–Trinajstić information content (AvgIpc) is 1.12. The van der Waals surface area contributed by atoms with Crippen LogP contribution in [0.15, 0.2) is 0 Å². The summed E-state index contributed by atoms with van der Waals surface area (Å²) in [6, 6.07) is 0. The zero-order valence-electron chi connectivity index (χ0n) is 65.5. The predicted molar refractivity (Wildman–Crippen MR) is 409 cm³/mol. The maximum absolute atomic E-state index is 13.1. The van der Waals surface area contributed by atoms with E-state index in [9.17, 15) is 43.2 Å². The van der Waals surface area contributed by atoms with Gasteiger partial charge in [-0.15, -0.1) is 0 Å². The van der Waals surface area contributed by atoms with Crippen molar-refractivity contribution in [3.63, 3.8) is 0 Å². The van der Waals surface area contributed by atoms with E-state index in [0.717, 1.165) is 102 Å². The van der Waals surface area contributed by atoms with Crippen molar-refractivity contribution in [1.29, 1.82) is 0 Å². The molecule has 0 amide bonds. The summed E-state index contributed by atoms with van der Waals surface area (Å²) in [6.45, 7) is 9.59. The van der Waals surface area contributed by atoms with Crippen molar-refractivity contribution >= 4 is 39.5 Å². The highest BCUT2D eigenvalue weighted by molar-refractivity contribution is 7.47. The molecule has 594 valence electrons. The van der Waals surface area contributed by atoms with Gasteiger partial charge in [-0.3, -0.25) is 37.3 Å². The van der Waals surface area contributed by atoms with Gasteiger partial charge in [0.25, 0.3) is 0 Å². The molecule has 19 heteroatoms. The summed E-state index contributed by atoms with van der Waals surface area (Å²) in [7, 11) is -9.92. The molecule has 0 aliphatic carbocycles. The van der Waals surface area contributed by atoms with E-state index in [2.05, 4.69) is 41.5 Å². The van der Waals surface area contributed by atoms with Gasteiger partial charge in [-0.25, -0.2) is 9.13 Å². The second-order valence-electron chi connectivity index (χ2n) is 30.1. The van der Waals surface area contributed by atoms with Crippen molar-refractivity contribution in [1.82, 2.24) is 0 Å². The summed E-state index contributed by atoms with van der Waals surface area (Å²) in [5, 5.41) is 10.6. The van der Waals surface area contributed by atoms with Gasteiger partial charge in [-0.05, 0) is 37.5 Å². The normalized spacial score (nSPS) is 13.9. The average molecular weight is 1470 g/mol. The van der Waals surface area contributed by atoms with E-state index >= 15 is 0 Å². The molecule has 0 radical (unpaired) electrons. The minimum absolute atomic E-state index is 0.106. The zero-order chi connectivity index (χ0) is 73.5. The van der Waals surface area contributed by atoms with Crippen LogP contribution in [-0.4, -0.2) is 96.7 Å². The predicted octanol–water partition coefficient (Wildman–Crippen LogP) is 24.3. The molecule has 2 unspecified atom stereocenters. The van der Waals surface area contributed by atoms with Crippen molar-refractivity contribution in [2.24, 2.45) is 11.8 Å². The van der Waals surface area contributed by atoms with Crippen LogP contribution in [0.5, 0.6) is 0 Å². The molecule has 0 bridgehead atoms. The number of phosphoric ester groups is 2. The topological polar surface area (TPSA) is 237 Å². The first kappa shape index (κ1) is 98.1. The fourth-order valence-corrected chi connectivity index (χ4v) is 14.1. The molecule has 0 aliphatic heterocycles. The quantitative estimate of drug-likeness (QED) is 0.0222. The molecule has 0 aromatic carbocycles. The first-order chi connectivity index (χ1) is 48.4. The lowest BCUT2D eigenvalue weighted by Gasteiger charge is -2.21. The summed E-state index contributed by atoms with van der Waals surface area (Å²) >= 11 is 0. The second kappa shape index (κ2) is 72.6. The van der Waals surface area contributed by atoms with Gasteiger partial charge in [0.15, 0.2) is 12.2 Å². The Balaban J connectivity index is 5.19. The highest BCUT2D eigenvalue weighted by Crippen LogP contribution is 2.45. The van der Waals surface area contributed by atoms with Gasteiger partial charge in [0, 0.05) is 25.7 Å². The van der Waals surface area contributed by atoms with E-state index in [1.807, 2.05) is 0 Å². The van der Waals surface area contributed by atoms with Gasteiger partial charge in [-0.2, -0.15) is 0 Å². The molecular weight excluding hydrogens is 1310 g/mol. The first-order valence-corrected chi connectivity index (χ1v) is 45.0. The van der Waals surface area contributed by atoms with Gasteiger partial charge in [0.2, 0.25) is 0 Å².